The molecule has 3 heterocycles. The first kappa shape index (κ1) is 36.3. The minimum absolute atomic E-state index is 0.326. The Bertz CT molecular complexity index is 3620. The zero-order valence-electron chi connectivity index (χ0n) is 37.7. The first-order valence-corrected chi connectivity index (χ1v) is 22.9. The molecular weight excluding hydrogens is 779 g/mol. The molecule has 0 N–H and O–H groups in total. The molecule has 2 aromatic heterocycles. The second-order valence-electron chi connectivity index (χ2n) is 19.2. The van der Waals surface area contributed by atoms with Gasteiger partial charge < -0.3 is 4.74 Å². The highest BCUT2D eigenvalue weighted by atomic mass is 16.5. The lowest BCUT2D eigenvalue weighted by atomic mass is 9.61. The number of imidazole rings is 2. The molecule has 310 valence electrons. The molecular formula is C60H49N3O. The topological polar surface area (TPSA) is 31.5 Å². The molecule has 0 saturated heterocycles. The van der Waals surface area contributed by atoms with Crippen LogP contribution in [-0.2, 0) is 10.8 Å². The van der Waals surface area contributed by atoms with Crippen molar-refractivity contribution in [2.75, 3.05) is 0 Å². The van der Waals surface area contributed by atoms with Gasteiger partial charge in [0, 0.05) is 28.9 Å². The number of benzene rings is 8. The summed E-state index contributed by atoms with van der Waals surface area (Å²) in [4.78, 5) is 5.36. The second-order valence-corrected chi connectivity index (χ2v) is 19.2. The van der Waals surface area contributed by atoms with Crippen molar-refractivity contribution in [2.24, 2.45) is 0 Å². The molecule has 2 aliphatic carbocycles. The second kappa shape index (κ2) is 13.7. The summed E-state index contributed by atoms with van der Waals surface area (Å²) in [6.07, 6.45) is 3.65. The Morgan fingerprint density at radius 2 is 1.02 bits per heavy atom. The number of fused-ring (bicyclic) bond motifs is 15. The van der Waals surface area contributed by atoms with E-state index in [9.17, 15) is 1.37 Å². The highest BCUT2D eigenvalue weighted by molar-refractivity contribution is 6.04. The van der Waals surface area contributed by atoms with Gasteiger partial charge in [0.25, 0.3) is 0 Å². The maximum atomic E-state index is 10.5. The number of hydrogen-bond donors (Lipinski definition) is 0. The Balaban J connectivity index is 1.20. The van der Waals surface area contributed by atoms with Crippen LogP contribution in [-0.4, -0.2) is 14.0 Å². The Kier molecular flexibility index (Phi) is 7.76. The monoisotopic (exact) mass is 828 g/mol. The quantitative estimate of drug-likeness (QED) is 0.178. The van der Waals surface area contributed by atoms with Gasteiger partial charge in [0.2, 0.25) is 5.78 Å². The maximum absolute atomic E-state index is 10.5. The Hall–Kier alpha value is -7.17. The van der Waals surface area contributed by atoms with Crippen LogP contribution in [0, 0.1) is 0 Å². The van der Waals surface area contributed by atoms with Gasteiger partial charge in [-0.2, -0.15) is 0 Å². The summed E-state index contributed by atoms with van der Waals surface area (Å²) in [5.41, 5.74) is 19.4. The molecule has 0 amide bonds. The fourth-order valence-corrected chi connectivity index (χ4v) is 11.5. The van der Waals surface area contributed by atoms with E-state index >= 15 is 0 Å². The summed E-state index contributed by atoms with van der Waals surface area (Å²) < 4.78 is 22.7. The fourth-order valence-electron chi connectivity index (χ4n) is 11.5. The molecule has 0 atom stereocenters. The number of nitrogens with zero attached hydrogens (tertiary/aromatic N) is 3. The first-order chi connectivity index (χ1) is 31.6. The Morgan fingerprint density at radius 1 is 0.500 bits per heavy atom. The molecule has 4 nitrogen and oxygen atoms in total. The van der Waals surface area contributed by atoms with Gasteiger partial charge in [-0.3, -0.25) is 8.97 Å². The summed E-state index contributed by atoms with van der Waals surface area (Å²) in [7, 11) is 0. The van der Waals surface area contributed by atoms with E-state index in [0.29, 0.717) is 0 Å². The van der Waals surface area contributed by atoms with Gasteiger partial charge in [0.1, 0.15) is 11.5 Å². The lowest BCUT2D eigenvalue weighted by molar-refractivity contribution is 0.306. The van der Waals surface area contributed by atoms with E-state index in [1.54, 1.807) is 0 Å². The SMILES string of the molecule is [2H]C1(c2cc3c(cc2-c2cc(-n4c5ccccc5n5c6ccccc6nc45)cc4c2Oc2ccccc2C(C)(C)C4(C)C)-c2ccccc2-c2ccccc2-c2ccccc2-3)CCCC1. The van der Waals surface area contributed by atoms with Crippen molar-refractivity contribution in [3.05, 3.63) is 187 Å². The molecule has 10 aromatic rings. The van der Waals surface area contributed by atoms with Gasteiger partial charge in [-0.15, -0.1) is 0 Å². The first-order valence-electron chi connectivity index (χ1n) is 23.4. The summed E-state index contributed by atoms with van der Waals surface area (Å²) in [6, 6.07) is 61.9. The molecule has 3 aliphatic rings. The smallest absolute Gasteiger partial charge is 0.220 e. The molecule has 0 bridgehead atoms. The summed E-state index contributed by atoms with van der Waals surface area (Å²) >= 11 is 0. The molecule has 0 spiro atoms. The predicted molar refractivity (Wildman–Crippen MR) is 264 cm³/mol. The van der Waals surface area contributed by atoms with Gasteiger partial charge in [0.05, 0.1) is 27.8 Å². The van der Waals surface area contributed by atoms with Gasteiger partial charge in [-0.05, 0) is 129 Å². The predicted octanol–water partition coefficient (Wildman–Crippen LogP) is 16.1. The van der Waals surface area contributed by atoms with Crippen LogP contribution >= 0.6 is 0 Å². The zero-order valence-corrected chi connectivity index (χ0v) is 36.7. The van der Waals surface area contributed by atoms with Crippen LogP contribution in [0.4, 0.5) is 0 Å². The molecule has 0 radical (unpaired) electrons. The number of para-hydroxylation sites is 5. The maximum Gasteiger partial charge on any atom is 0.220 e. The van der Waals surface area contributed by atoms with Crippen LogP contribution in [0.5, 0.6) is 11.5 Å². The number of aromatic nitrogens is 3. The minimum Gasteiger partial charge on any atom is -0.456 e. The molecule has 8 aromatic carbocycles. The van der Waals surface area contributed by atoms with Gasteiger partial charge in [0.15, 0.2) is 0 Å². The van der Waals surface area contributed by atoms with E-state index in [-0.39, 0.29) is 5.41 Å². The van der Waals surface area contributed by atoms with Crippen LogP contribution in [0.3, 0.4) is 0 Å². The normalized spacial score (nSPS) is 16.6. The Labute approximate surface area is 375 Å². The Morgan fingerprint density at radius 3 is 1.67 bits per heavy atom. The van der Waals surface area contributed by atoms with E-state index in [4.69, 9.17) is 9.72 Å². The minimum atomic E-state index is -0.798. The highest BCUT2D eigenvalue weighted by Gasteiger charge is 2.46. The average Bonchev–Trinajstić information content (AvgIpc) is 4.03. The van der Waals surface area contributed by atoms with E-state index in [0.717, 1.165) is 104 Å². The van der Waals surface area contributed by atoms with Crippen LogP contribution in [0.15, 0.2) is 170 Å². The largest absolute Gasteiger partial charge is 0.456 e. The number of rotatable bonds is 3. The van der Waals surface area contributed by atoms with E-state index in [1.807, 2.05) is 0 Å². The van der Waals surface area contributed by atoms with Crippen molar-refractivity contribution in [2.45, 2.75) is 70.1 Å². The fraction of sp³-hybridized carbons (Fsp3) is 0.183. The molecule has 4 heteroatoms. The third kappa shape index (κ3) is 5.20. The van der Waals surface area contributed by atoms with Crippen LogP contribution < -0.4 is 4.74 Å². The van der Waals surface area contributed by atoms with E-state index < -0.39 is 11.3 Å². The van der Waals surface area contributed by atoms with Crippen molar-refractivity contribution in [1.29, 1.82) is 0 Å². The van der Waals surface area contributed by atoms with Crippen molar-refractivity contribution in [3.63, 3.8) is 0 Å². The van der Waals surface area contributed by atoms with Gasteiger partial charge in [-0.25, -0.2) is 4.98 Å². The molecule has 0 unspecified atom stereocenters. The highest BCUT2D eigenvalue weighted by Crippen LogP contribution is 2.58. The van der Waals surface area contributed by atoms with E-state index in [2.05, 4.69) is 207 Å². The van der Waals surface area contributed by atoms with Crippen LogP contribution in [0.2, 0.25) is 0 Å². The van der Waals surface area contributed by atoms with Crippen LogP contribution in [0.25, 0.3) is 89.2 Å². The third-order valence-corrected chi connectivity index (χ3v) is 15.4. The summed E-state index contributed by atoms with van der Waals surface area (Å²) in [5, 5.41) is 0. The zero-order chi connectivity index (χ0) is 43.8. The molecule has 1 aliphatic heterocycles. The molecule has 13 rings (SSSR count). The molecule has 64 heavy (non-hydrogen) atoms. The summed E-state index contributed by atoms with van der Waals surface area (Å²) in [6.45, 7) is 9.49. The van der Waals surface area contributed by atoms with Crippen molar-refractivity contribution in [1.82, 2.24) is 14.0 Å². The van der Waals surface area contributed by atoms with Crippen molar-refractivity contribution in [3.8, 4) is 72.8 Å². The van der Waals surface area contributed by atoms with Crippen molar-refractivity contribution < 1.29 is 6.11 Å². The van der Waals surface area contributed by atoms with Crippen LogP contribution in [0.1, 0.15) is 77.3 Å². The van der Waals surface area contributed by atoms with Gasteiger partial charge in [-0.1, -0.05) is 156 Å². The average molecular weight is 829 g/mol. The molecule has 1 fully saturated rings. The molecule has 1 saturated carbocycles. The lowest BCUT2D eigenvalue weighted by Crippen LogP contribution is -2.39. The van der Waals surface area contributed by atoms with E-state index in [1.165, 1.54) is 38.9 Å². The third-order valence-electron chi connectivity index (χ3n) is 15.4. The van der Waals surface area contributed by atoms with Crippen molar-refractivity contribution >= 4 is 27.8 Å². The summed E-state index contributed by atoms with van der Waals surface area (Å²) in [5.74, 6) is 1.79. The lowest BCUT2D eigenvalue weighted by Gasteiger charge is -2.41. The van der Waals surface area contributed by atoms with Gasteiger partial charge >= 0.3 is 0 Å². The standard InChI is InChI=1S/C60H49N3O/c1-59(2)50-27-13-18-32-56(50)64-57-49(33-38(34-51(57)60(59,3)4)62-54-30-16-17-31-55(54)63-53-29-15-14-28-52(53)61-58(62)63)48-36-47-44-26-12-10-24-42(44)40-22-8-7-21-39(40)41-23-9-11-25-43(41)46(47)35-45(48)37-19-5-6-20-37/h7-18,21-37H,5-6,19-20H2,1-4H3/i37D. The number of ether oxygens (including phenoxy) is 1. The number of hydrogen-bond acceptors (Lipinski definition) is 2.